The average Bonchev–Trinajstić information content (AvgIpc) is 2.81. The minimum Gasteiger partial charge on any atom is -0.465 e. The van der Waals surface area contributed by atoms with Crippen molar-refractivity contribution in [3.63, 3.8) is 0 Å². The lowest BCUT2D eigenvalue weighted by Crippen LogP contribution is -2.25. The fourth-order valence-corrected chi connectivity index (χ4v) is 2.92. The Kier molecular flexibility index (Phi) is 6.71. The number of hydrogen-bond acceptors (Lipinski definition) is 6. The van der Waals surface area contributed by atoms with Crippen molar-refractivity contribution in [3.8, 4) is 11.3 Å². The van der Waals surface area contributed by atoms with Gasteiger partial charge in [0.05, 0.1) is 29.6 Å². The fraction of sp³-hybridized carbons (Fsp3) is 0.174. The van der Waals surface area contributed by atoms with Gasteiger partial charge in [0, 0.05) is 44.7 Å². The van der Waals surface area contributed by atoms with Crippen molar-refractivity contribution < 1.29 is 19.1 Å². The first-order valence-electron chi connectivity index (χ1n) is 9.51. The minimum atomic E-state index is -0.559. The molecule has 158 valence electrons. The molecule has 0 spiro atoms. The van der Waals surface area contributed by atoms with Gasteiger partial charge in [0.2, 0.25) is 5.91 Å². The van der Waals surface area contributed by atoms with E-state index in [1.54, 1.807) is 55.8 Å². The smallest absolute Gasteiger partial charge is 0.340 e. The second-order valence-electron chi connectivity index (χ2n) is 6.78. The Balaban J connectivity index is 1.80. The number of carbonyl (C=O) groups excluding carboxylic acids is 3. The lowest BCUT2D eigenvalue weighted by Gasteiger charge is -2.19. The van der Waals surface area contributed by atoms with E-state index in [9.17, 15) is 14.4 Å². The number of ether oxygens (including phenoxy) is 1. The van der Waals surface area contributed by atoms with Gasteiger partial charge in [-0.25, -0.2) is 4.79 Å². The topological polar surface area (TPSA) is 101 Å². The number of methoxy groups -OCH3 is 1. The maximum atomic E-state index is 12.4. The first-order chi connectivity index (χ1) is 14.9. The van der Waals surface area contributed by atoms with Gasteiger partial charge in [-0.3, -0.25) is 19.6 Å². The molecule has 0 radical (unpaired) electrons. The molecule has 8 nitrogen and oxygen atoms in total. The normalized spacial score (nSPS) is 10.3. The van der Waals surface area contributed by atoms with Crippen LogP contribution in [0.15, 0.2) is 61.1 Å². The van der Waals surface area contributed by atoms with Gasteiger partial charge in [-0.1, -0.05) is 12.1 Å². The molecule has 2 amide bonds. The third-order valence-electron chi connectivity index (χ3n) is 4.73. The third kappa shape index (κ3) is 5.11. The molecule has 2 heterocycles. The van der Waals surface area contributed by atoms with Crippen molar-refractivity contribution in [1.29, 1.82) is 0 Å². The molecule has 0 atom stereocenters. The van der Waals surface area contributed by atoms with E-state index in [4.69, 9.17) is 4.74 Å². The summed E-state index contributed by atoms with van der Waals surface area (Å²) in [6.45, 7) is 1.77. The number of nitrogens with zero attached hydrogens (tertiary/aromatic N) is 3. The van der Waals surface area contributed by atoms with Crippen LogP contribution < -0.4 is 10.2 Å². The van der Waals surface area contributed by atoms with Crippen LogP contribution in [0.5, 0.6) is 0 Å². The predicted octanol–water partition coefficient (Wildman–Crippen LogP) is 2.84. The number of pyridine rings is 2. The summed E-state index contributed by atoms with van der Waals surface area (Å²) in [5.41, 5.74) is 3.22. The summed E-state index contributed by atoms with van der Waals surface area (Å²) < 4.78 is 4.86. The number of benzene rings is 1. The zero-order valence-electron chi connectivity index (χ0n) is 17.5. The highest BCUT2D eigenvalue weighted by molar-refractivity contribution is 6.02. The Labute approximate surface area is 179 Å². The highest BCUT2D eigenvalue weighted by atomic mass is 16.5. The average molecular weight is 418 g/mol. The molecule has 8 heteroatoms. The zero-order valence-corrected chi connectivity index (χ0v) is 17.5. The van der Waals surface area contributed by atoms with Crippen LogP contribution in [0.25, 0.3) is 11.3 Å². The quantitative estimate of drug-likeness (QED) is 0.618. The third-order valence-corrected chi connectivity index (χ3v) is 4.73. The van der Waals surface area contributed by atoms with Crippen molar-refractivity contribution in [1.82, 2.24) is 15.3 Å². The van der Waals surface area contributed by atoms with Crippen LogP contribution in [-0.4, -0.2) is 41.9 Å². The lowest BCUT2D eigenvalue weighted by atomic mass is 10.0. The summed E-state index contributed by atoms with van der Waals surface area (Å²) >= 11 is 0. The molecule has 0 saturated heterocycles. The zero-order chi connectivity index (χ0) is 22.4. The van der Waals surface area contributed by atoms with E-state index in [1.165, 1.54) is 25.1 Å². The summed E-state index contributed by atoms with van der Waals surface area (Å²) in [4.78, 5) is 46.1. The number of nitrogens with one attached hydrogen (secondary N) is 1. The van der Waals surface area contributed by atoms with Crippen LogP contribution in [0.3, 0.4) is 0 Å². The summed E-state index contributed by atoms with van der Waals surface area (Å²) in [5.74, 6) is -1.02. The molecule has 0 aliphatic rings. The van der Waals surface area contributed by atoms with Gasteiger partial charge in [0.15, 0.2) is 0 Å². The van der Waals surface area contributed by atoms with Crippen molar-refractivity contribution >= 4 is 23.5 Å². The monoisotopic (exact) mass is 418 g/mol. The number of anilines is 1. The van der Waals surface area contributed by atoms with Gasteiger partial charge in [-0.2, -0.15) is 0 Å². The highest BCUT2D eigenvalue weighted by Gasteiger charge is 2.19. The highest BCUT2D eigenvalue weighted by Crippen LogP contribution is 2.27. The van der Waals surface area contributed by atoms with Crippen LogP contribution in [0.4, 0.5) is 5.69 Å². The Morgan fingerprint density at radius 3 is 2.52 bits per heavy atom. The van der Waals surface area contributed by atoms with E-state index < -0.39 is 5.97 Å². The summed E-state index contributed by atoms with van der Waals surface area (Å²) in [6.07, 6.45) is 4.83. The van der Waals surface area contributed by atoms with Crippen LogP contribution in [0, 0.1) is 0 Å². The van der Waals surface area contributed by atoms with Gasteiger partial charge < -0.3 is 15.0 Å². The molecular formula is C23H22N4O4. The molecule has 0 unspecified atom stereocenters. The molecule has 1 N–H and O–H groups in total. The molecule has 0 saturated carbocycles. The number of rotatable bonds is 6. The number of esters is 1. The molecular weight excluding hydrogens is 396 g/mol. The number of amides is 2. The molecule has 0 fully saturated rings. The maximum absolute atomic E-state index is 12.4. The summed E-state index contributed by atoms with van der Waals surface area (Å²) in [6, 6.07) is 12.1. The van der Waals surface area contributed by atoms with E-state index in [2.05, 4.69) is 15.3 Å². The van der Waals surface area contributed by atoms with E-state index in [-0.39, 0.29) is 17.4 Å². The molecule has 0 bridgehead atoms. The Bertz CT molecular complexity index is 1100. The summed E-state index contributed by atoms with van der Waals surface area (Å²) in [7, 11) is 2.87. The molecule has 0 aliphatic heterocycles. The largest absolute Gasteiger partial charge is 0.465 e. The van der Waals surface area contributed by atoms with Gasteiger partial charge in [0.25, 0.3) is 5.91 Å². The van der Waals surface area contributed by atoms with Crippen molar-refractivity contribution in [2.45, 2.75) is 13.5 Å². The first kappa shape index (κ1) is 21.6. The molecule has 31 heavy (non-hydrogen) atoms. The standard InChI is InChI=1S/C23H22N4O4/c1-15(28)27(2)21-9-7-17(11-19(21)23(30)31-3)20-8-6-18(14-25-20)22(29)26-13-16-5-4-10-24-12-16/h4-12,14H,13H2,1-3H3,(H,26,29). The molecule has 3 aromatic rings. The van der Waals surface area contributed by atoms with Gasteiger partial charge in [-0.15, -0.1) is 0 Å². The summed E-state index contributed by atoms with van der Waals surface area (Å²) in [5, 5.41) is 2.82. The van der Waals surface area contributed by atoms with E-state index >= 15 is 0 Å². The van der Waals surface area contributed by atoms with Crippen LogP contribution >= 0.6 is 0 Å². The van der Waals surface area contributed by atoms with E-state index in [1.807, 2.05) is 6.07 Å². The van der Waals surface area contributed by atoms with Crippen LogP contribution in [-0.2, 0) is 16.1 Å². The molecule has 3 rings (SSSR count). The second-order valence-corrected chi connectivity index (χ2v) is 6.78. The fourth-order valence-electron chi connectivity index (χ4n) is 2.92. The van der Waals surface area contributed by atoms with Gasteiger partial charge >= 0.3 is 5.97 Å². The lowest BCUT2D eigenvalue weighted by molar-refractivity contribution is -0.116. The Hall–Kier alpha value is -4.07. The van der Waals surface area contributed by atoms with Crippen molar-refractivity contribution in [2.24, 2.45) is 0 Å². The van der Waals surface area contributed by atoms with Crippen LogP contribution in [0.1, 0.15) is 33.2 Å². The van der Waals surface area contributed by atoms with Crippen molar-refractivity contribution in [2.75, 3.05) is 19.1 Å². The molecule has 1 aromatic carbocycles. The Morgan fingerprint density at radius 2 is 1.90 bits per heavy atom. The maximum Gasteiger partial charge on any atom is 0.340 e. The second kappa shape index (κ2) is 9.62. The molecule has 2 aromatic heterocycles. The molecule has 0 aliphatic carbocycles. The number of carbonyl (C=O) groups is 3. The van der Waals surface area contributed by atoms with E-state index in [0.717, 1.165) is 5.56 Å². The SMILES string of the molecule is COC(=O)c1cc(-c2ccc(C(=O)NCc3cccnc3)cn2)ccc1N(C)C(C)=O. The van der Waals surface area contributed by atoms with Gasteiger partial charge in [-0.05, 0) is 35.9 Å². The van der Waals surface area contributed by atoms with Gasteiger partial charge in [0.1, 0.15) is 0 Å². The number of aromatic nitrogens is 2. The first-order valence-corrected chi connectivity index (χ1v) is 9.51. The minimum absolute atomic E-state index is 0.210. The number of hydrogen-bond donors (Lipinski definition) is 1. The Morgan fingerprint density at radius 1 is 1.10 bits per heavy atom. The van der Waals surface area contributed by atoms with Crippen molar-refractivity contribution in [3.05, 3.63) is 77.7 Å². The van der Waals surface area contributed by atoms with E-state index in [0.29, 0.717) is 29.1 Å². The van der Waals surface area contributed by atoms with Crippen LogP contribution in [0.2, 0.25) is 0 Å². The predicted molar refractivity (Wildman–Crippen MR) is 116 cm³/mol.